The highest BCUT2D eigenvalue weighted by Crippen LogP contribution is 2.24. The van der Waals surface area contributed by atoms with Gasteiger partial charge in [0, 0.05) is 31.9 Å². The standard InChI is InChI=1S/C12H15N3O2/c16-10-2-1-9(7-11(10)17)8-13-4-3-12-14-5-6-15-12/h1-2,5-7,13,16-17H,3-4,8H2,(H,14,15). The van der Waals surface area contributed by atoms with Gasteiger partial charge in [-0.3, -0.25) is 0 Å². The van der Waals surface area contributed by atoms with E-state index < -0.39 is 0 Å². The molecule has 0 aliphatic heterocycles. The van der Waals surface area contributed by atoms with Crippen molar-refractivity contribution in [2.45, 2.75) is 13.0 Å². The molecule has 2 aromatic rings. The fourth-order valence-electron chi connectivity index (χ4n) is 1.55. The lowest BCUT2D eigenvalue weighted by atomic mass is 10.2. The van der Waals surface area contributed by atoms with Gasteiger partial charge in [0.2, 0.25) is 0 Å². The molecule has 17 heavy (non-hydrogen) atoms. The monoisotopic (exact) mass is 233 g/mol. The first-order chi connectivity index (χ1) is 8.25. The quantitative estimate of drug-likeness (QED) is 0.461. The summed E-state index contributed by atoms with van der Waals surface area (Å²) < 4.78 is 0. The Morgan fingerprint density at radius 3 is 2.82 bits per heavy atom. The maximum absolute atomic E-state index is 9.31. The maximum atomic E-state index is 9.31. The number of aromatic hydroxyl groups is 2. The van der Waals surface area contributed by atoms with Crippen LogP contribution in [0.25, 0.3) is 0 Å². The highest BCUT2D eigenvalue weighted by Gasteiger charge is 2.00. The average Bonchev–Trinajstić information content (AvgIpc) is 2.82. The van der Waals surface area contributed by atoms with E-state index in [0.29, 0.717) is 6.54 Å². The summed E-state index contributed by atoms with van der Waals surface area (Å²) in [5.74, 6) is 0.769. The Hall–Kier alpha value is -2.01. The minimum Gasteiger partial charge on any atom is -0.504 e. The smallest absolute Gasteiger partial charge is 0.157 e. The molecular formula is C12H15N3O2. The second-order valence-corrected chi connectivity index (χ2v) is 3.79. The van der Waals surface area contributed by atoms with Gasteiger partial charge in [0.15, 0.2) is 11.5 Å². The molecule has 5 heteroatoms. The molecule has 0 radical (unpaired) electrons. The average molecular weight is 233 g/mol. The highest BCUT2D eigenvalue weighted by molar-refractivity contribution is 5.40. The van der Waals surface area contributed by atoms with E-state index in [1.165, 1.54) is 6.07 Å². The number of benzene rings is 1. The molecule has 5 nitrogen and oxygen atoms in total. The van der Waals surface area contributed by atoms with Crippen LogP contribution >= 0.6 is 0 Å². The Morgan fingerprint density at radius 1 is 1.24 bits per heavy atom. The molecule has 0 unspecified atom stereocenters. The van der Waals surface area contributed by atoms with Crippen molar-refractivity contribution in [2.75, 3.05) is 6.54 Å². The first kappa shape index (κ1) is 11.5. The molecule has 0 bridgehead atoms. The zero-order valence-electron chi connectivity index (χ0n) is 9.35. The van der Waals surface area contributed by atoms with Gasteiger partial charge in [-0.25, -0.2) is 4.98 Å². The molecule has 0 aliphatic rings. The Bertz CT molecular complexity index is 469. The van der Waals surface area contributed by atoms with Crippen LogP contribution in [0.15, 0.2) is 30.6 Å². The number of nitrogens with one attached hydrogen (secondary N) is 2. The van der Waals surface area contributed by atoms with Crippen molar-refractivity contribution in [1.29, 1.82) is 0 Å². The summed E-state index contributed by atoms with van der Waals surface area (Å²) in [4.78, 5) is 7.15. The lowest BCUT2D eigenvalue weighted by Gasteiger charge is -2.05. The molecule has 0 saturated carbocycles. The highest BCUT2D eigenvalue weighted by atomic mass is 16.3. The molecule has 0 atom stereocenters. The van der Waals surface area contributed by atoms with E-state index in [1.54, 1.807) is 24.5 Å². The minimum atomic E-state index is -0.0932. The number of imidazole rings is 1. The van der Waals surface area contributed by atoms with Crippen molar-refractivity contribution >= 4 is 0 Å². The van der Waals surface area contributed by atoms with Crippen LogP contribution in [0.2, 0.25) is 0 Å². The van der Waals surface area contributed by atoms with Crippen LogP contribution in [0.3, 0.4) is 0 Å². The van der Waals surface area contributed by atoms with Crippen LogP contribution < -0.4 is 5.32 Å². The third-order valence-corrected chi connectivity index (χ3v) is 2.46. The Balaban J connectivity index is 1.76. The van der Waals surface area contributed by atoms with Gasteiger partial charge < -0.3 is 20.5 Å². The van der Waals surface area contributed by atoms with Gasteiger partial charge in [-0.05, 0) is 17.7 Å². The van der Waals surface area contributed by atoms with E-state index in [-0.39, 0.29) is 11.5 Å². The second kappa shape index (κ2) is 5.36. The number of rotatable bonds is 5. The van der Waals surface area contributed by atoms with Gasteiger partial charge in [-0.15, -0.1) is 0 Å². The molecule has 4 N–H and O–H groups in total. The van der Waals surface area contributed by atoms with Crippen molar-refractivity contribution in [3.63, 3.8) is 0 Å². The summed E-state index contributed by atoms with van der Waals surface area (Å²) in [5.41, 5.74) is 0.930. The first-order valence-corrected chi connectivity index (χ1v) is 5.45. The van der Waals surface area contributed by atoms with Gasteiger partial charge in [-0.2, -0.15) is 0 Å². The summed E-state index contributed by atoms with van der Waals surface area (Å²) in [5, 5.41) is 21.7. The molecule has 0 spiro atoms. The van der Waals surface area contributed by atoms with E-state index >= 15 is 0 Å². The predicted molar refractivity (Wildman–Crippen MR) is 63.8 cm³/mol. The molecule has 1 aromatic heterocycles. The molecule has 0 fully saturated rings. The Morgan fingerprint density at radius 2 is 2.12 bits per heavy atom. The largest absolute Gasteiger partial charge is 0.504 e. The normalized spacial score (nSPS) is 10.6. The third kappa shape index (κ3) is 3.22. The summed E-state index contributed by atoms with van der Waals surface area (Å²) in [6.07, 6.45) is 4.36. The van der Waals surface area contributed by atoms with Gasteiger partial charge in [0.05, 0.1) is 0 Å². The molecule has 0 aliphatic carbocycles. The zero-order chi connectivity index (χ0) is 12.1. The van der Waals surface area contributed by atoms with Crippen molar-refractivity contribution in [1.82, 2.24) is 15.3 Å². The molecular weight excluding hydrogens is 218 g/mol. The second-order valence-electron chi connectivity index (χ2n) is 3.79. The zero-order valence-corrected chi connectivity index (χ0v) is 9.35. The lowest BCUT2D eigenvalue weighted by Crippen LogP contribution is -2.17. The molecule has 1 heterocycles. The number of aromatic nitrogens is 2. The summed E-state index contributed by atoms with van der Waals surface area (Å²) in [6.45, 7) is 1.45. The molecule has 1 aromatic carbocycles. The van der Waals surface area contributed by atoms with Crippen molar-refractivity contribution in [3.8, 4) is 11.5 Å². The van der Waals surface area contributed by atoms with Crippen molar-refractivity contribution in [2.24, 2.45) is 0 Å². The van der Waals surface area contributed by atoms with Crippen LogP contribution in [0.4, 0.5) is 0 Å². The van der Waals surface area contributed by atoms with Gasteiger partial charge in [0.1, 0.15) is 5.82 Å². The molecule has 2 rings (SSSR count). The van der Waals surface area contributed by atoms with Crippen LogP contribution in [-0.4, -0.2) is 26.7 Å². The number of aromatic amines is 1. The first-order valence-electron chi connectivity index (χ1n) is 5.45. The van der Waals surface area contributed by atoms with E-state index in [0.717, 1.165) is 24.4 Å². The van der Waals surface area contributed by atoms with E-state index in [4.69, 9.17) is 5.11 Å². The number of hydrogen-bond donors (Lipinski definition) is 4. The number of nitrogens with zero attached hydrogens (tertiary/aromatic N) is 1. The third-order valence-electron chi connectivity index (χ3n) is 2.46. The van der Waals surface area contributed by atoms with Crippen molar-refractivity contribution in [3.05, 3.63) is 42.0 Å². The number of phenolic OH excluding ortho intramolecular Hbond substituents is 2. The van der Waals surface area contributed by atoms with Crippen molar-refractivity contribution < 1.29 is 10.2 Å². The summed E-state index contributed by atoms with van der Waals surface area (Å²) in [6, 6.07) is 4.81. The number of phenols is 2. The number of H-pyrrole nitrogens is 1. The Kier molecular flexibility index (Phi) is 3.62. The van der Waals surface area contributed by atoms with E-state index in [1.807, 2.05) is 0 Å². The predicted octanol–water partition coefficient (Wildman–Crippen LogP) is 1.15. The van der Waals surface area contributed by atoms with Crippen LogP contribution in [0, 0.1) is 0 Å². The topological polar surface area (TPSA) is 81.2 Å². The van der Waals surface area contributed by atoms with E-state index in [9.17, 15) is 5.11 Å². The fraction of sp³-hybridized carbons (Fsp3) is 0.250. The maximum Gasteiger partial charge on any atom is 0.157 e. The Labute approximate surface area is 99.2 Å². The molecule has 90 valence electrons. The van der Waals surface area contributed by atoms with Crippen LogP contribution in [-0.2, 0) is 13.0 Å². The van der Waals surface area contributed by atoms with Crippen LogP contribution in [0.5, 0.6) is 11.5 Å². The SMILES string of the molecule is Oc1ccc(CNCCc2ncc[nH]2)cc1O. The lowest BCUT2D eigenvalue weighted by molar-refractivity contribution is 0.403. The van der Waals surface area contributed by atoms with Gasteiger partial charge >= 0.3 is 0 Å². The number of hydrogen-bond acceptors (Lipinski definition) is 4. The fourth-order valence-corrected chi connectivity index (χ4v) is 1.55. The van der Waals surface area contributed by atoms with Gasteiger partial charge in [0.25, 0.3) is 0 Å². The minimum absolute atomic E-state index is 0.0877. The summed E-state index contributed by atoms with van der Waals surface area (Å²) >= 11 is 0. The van der Waals surface area contributed by atoms with Gasteiger partial charge in [-0.1, -0.05) is 6.07 Å². The molecule has 0 amide bonds. The molecule has 0 saturated heterocycles. The summed E-state index contributed by atoms with van der Waals surface area (Å²) in [7, 11) is 0. The van der Waals surface area contributed by atoms with E-state index in [2.05, 4.69) is 15.3 Å². The van der Waals surface area contributed by atoms with Crippen LogP contribution in [0.1, 0.15) is 11.4 Å².